The maximum atomic E-state index is 13.6. The average molecular weight is 523 g/mol. The van der Waals surface area contributed by atoms with Crippen molar-refractivity contribution < 1.29 is 41.3 Å². The summed E-state index contributed by atoms with van der Waals surface area (Å²) in [6, 6.07) is 2.73. The molecule has 1 aromatic rings. The molecule has 36 heavy (non-hydrogen) atoms. The third kappa shape index (κ3) is 4.71. The first-order chi connectivity index (χ1) is 16.7. The minimum absolute atomic E-state index is 0.0258. The number of methoxy groups -OCH3 is 1. The Balaban J connectivity index is 1.58. The van der Waals surface area contributed by atoms with E-state index in [9.17, 15) is 27.6 Å². The van der Waals surface area contributed by atoms with Gasteiger partial charge >= 0.3 is 11.9 Å². The molecule has 12 heteroatoms. The number of ether oxygens (including phenoxy) is 2. The highest BCUT2D eigenvalue weighted by Gasteiger charge is 2.61. The fourth-order valence-electron chi connectivity index (χ4n) is 5.05. The van der Waals surface area contributed by atoms with Crippen molar-refractivity contribution in [1.29, 1.82) is 0 Å². The van der Waals surface area contributed by atoms with Gasteiger partial charge in [-0.1, -0.05) is 17.7 Å². The van der Waals surface area contributed by atoms with Crippen LogP contribution in [-0.4, -0.2) is 85.5 Å². The molecule has 196 valence electrons. The quantitative estimate of drug-likeness (QED) is 0.406. The number of amides is 2. The van der Waals surface area contributed by atoms with E-state index in [0.717, 1.165) is 10.5 Å². The predicted octanol–water partition coefficient (Wildman–Crippen LogP) is 0.784. The fourth-order valence-corrected chi connectivity index (χ4v) is 6.12. The average Bonchev–Trinajstić information content (AvgIpc) is 3.38. The lowest BCUT2D eigenvalue weighted by atomic mass is 9.98. The lowest BCUT2D eigenvalue weighted by molar-refractivity contribution is -0.173. The molecule has 3 aliphatic heterocycles. The summed E-state index contributed by atoms with van der Waals surface area (Å²) in [6.07, 6.45) is -1.11. The van der Waals surface area contributed by atoms with Gasteiger partial charge in [-0.2, -0.15) is 8.42 Å². The molecule has 0 aliphatic carbocycles. The first kappa shape index (κ1) is 26.1. The predicted molar refractivity (Wildman–Crippen MR) is 124 cm³/mol. The van der Waals surface area contributed by atoms with E-state index in [1.165, 1.54) is 24.1 Å². The van der Waals surface area contributed by atoms with E-state index in [4.69, 9.17) is 13.7 Å². The van der Waals surface area contributed by atoms with Gasteiger partial charge in [0.25, 0.3) is 10.1 Å². The van der Waals surface area contributed by atoms with E-state index in [-0.39, 0.29) is 24.3 Å². The number of carbonyl (C=O) groups excluding carboxylic acids is 4. The summed E-state index contributed by atoms with van der Waals surface area (Å²) in [5, 5.41) is 0. The Morgan fingerprint density at radius 1 is 0.972 bits per heavy atom. The Bertz CT molecular complexity index is 1190. The molecular weight excluding hydrogens is 492 g/mol. The van der Waals surface area contributed by atoms with E-state index in [1.54, 1.807) is 32.9 Å². The van der Waals surface area contributed by atoms with Gasteiger partial charge in [0.1, 0.15) is 23.7 Å². The van der Waals surface area contributed by atoms with Crippen LogP contribution < -0.4 is 0 Å². The first-order valence-electron chi connectivity index (χ1n) is 11.7. The Morgan fingerprint density at radius 3 is 2.19 bits per heavy atom. The molecule has 5 atom stereocenters. The normalized spacial score (nSPS) is 28.1. The molecule has 0 unspecified atom stereocenters. The number of benzene rings is 1. The van der Waals surface area contributed by atoms with Gasteiger partial charge in [0.05, 0.1) is 24.0 Å². The van der Waals surface area contributed by atoms with E-state index in [1.807, 2.05) is 6.92 Å². The molecule has 0 spiro atoms. The highest BCUT2D eigenvalue weighted by Crippen LogP contribution is 2.40. The molecule has 3 heterocycles. The van der Waals surface area contributed by atoms with E-state index >= 15 is 0 Å². The number of fused-ring (bicyclic) bond motifs is 2. The Morgan fingerprint density at radius 2 is 1.61 bits per heavy atom. The van der Waals surface area contributed by atoms with Crippen LogP contribution in [0.25, 0.3) is 0 Å². The molecule has 0 radical (unpaired) electrons. The van der Waals surface area contributed by atoms with Gasteiger partial charge in [-0.25, -0.2) is 4.79 Å². The van der Waals surface area contributed by atoms with Gasteiger partial charge < -0.3 is 19.3 Å². The van der Waals surface area contributed by atoms with Crippen molar-refractivity contribution in [2.45, 2.75) is 75.3 Å². The molecule has 3 fully saturated rings. The van der Waals surface area contributed by atoms with E-state index in [0.29, 0.717) is 0 Å². The van der Waals surface area contributed by atoms with Crippen LogP contribution in [0.5, 0.6) is 0 Å². The number of nitrogens with zero attached hydrogens (tertiary/aromatic N) is 2. The van der Waals surface area contributed by atoms with Gasteiger partial charge in [-0.05, 0) is 46.2 Å². The molecule has 0 bridgehead atoms. The molecule has 0 aromatic heterocycles. The van der Waals surface area contributed by atoms with Gasteiger partial charge in [-0.15, -0.1) is 0 Å². The molecule has 1 aromatic carbocycles. The second-order valence-corrected chi connectivity index (χ2v) is 11.9. The van der Waals surface area contributed by atoms with Gasteiger partial charge in [0.15, 0.2) is 0 Å². The lowest BCUT2D eigenvalue weighted by Crippen LogP contribution is -2.63. The van der Waals surface area contributed by atoms with Crippen molar-refractivity contribution in [3.8, 4) is 0 Å². The second-order valence-electron chi connectivity index (χ2n) is 10.3. The smallest absolute Gasteiger partial charge is 0.330 e. The van der Waals surface area contributed by atoms with Gasteiger partial charge in [0.2, 0.25) is 11.8 Å². The topological polar surface area (TPSA) is 137 Å². The van der Waals surface area contributed by atoms with Crippen molar-refractivity contribution in [2.75, 3.05) is 13.7 Å². The second kappa shape index (κ2) is 9.15. The zero-order valence-corrected chi connectivity index (χ0v) is 21.6. The molecule has 3 saturated heterocycles. The number of rotatable bonds is 5. The molecule has 4 rings (SSSR count). The largest absolute Gasteiger partial charge is 0.469 e. The summed E-state index contributed by atoms with van der Waals surface area (Å²) in [4.78, 5) is 54.9. The maximum absolute atomic E-state index is 13.6. The lowest BCUT2D eigenvalue weighted by Gasteiger charge is -2.40. The third-order valence-electron chi connectivity index (χ3n) is 6.59. The summed E-state index contributed by atoms with van der Waals surface area (Å²) in [7, 11) is -2.95. The van der Waals surface area contributed by atoms with Crippen molar-refractivity contribution in [3.63, 3.8) is 0 Å². The van der Waals surface area contributed by atoms with E-state index in [2.05, 4.69) is 0 Å². The minimum atomic E-state index is -4.12. The zero-order chi connectivity index (χ0) is 26.6. The van der Waals surface area contributed by atoms with Crippen molar-refractivity contribution in [2.24, 2.45) is 5.92 Å². The Kier molecular flexibility index (Phi) is 6.63. The van der Waals surface area contributed by atoms with E-state index < -0.39 is 69.6 Å². The minimum Gasteiger partial charge on any atom is -0.469 e. The van der Waals surface area contributed by atoms with Crippen LogP contribution in [0.15, 0.2) is 29.2 Å². The summed E-state index contributed by atoms with van der Waals surface area (Å²) in [6.45, 7) is 6.68. The molecule has 0 N–H and O–H groups in total. The summed E-state index contributed by atoms with van der Waals surface area (Å²) < 4.78 is 41.2. The summed E-state index contributed by atoms with van der Waals surface area (Å²) in [5.74, 6) is -3.61. The number of aryl methyl sites for hydroxylation is 1. The molecular formula is C24H30N2O9S. The van der Waals surface area contributed by atoms with Crippen LogP contribution in [0.1, 0.15) is 39.2 Å². The zero-order valence-electron chi connectivity index (χ0n) is 20.8. The van der Waals surface area contributed by atoms with Crippen LogP contribution in [0.2, 0.25) is 0 Å². The maximum Gasteiger partial charge on any atom is 0.330 e. The molecule has 0 saturated carbocycles. The highest BCUT2D eigenvalue weighted by molar-refractivity contribution is 7.86. The monoisotopic (exact) mass is 522 g/mol. The number of carbonyl (C=O) groups is 4. The molecule has 2 amide bonds. The van der Waals surface area contributed by atoms with Gasteiger partial charge in [0, 0.05) is 13.0 Å². The molecule has 3 aliphatic rings. The van der Waals surface area contributed by atoms with Gasteiger partial charge in [-0.3, -0.25) is 18.6 Å². The first-order valence-corrected chi connectivity index (χ1v) is 13.1. The number of hydrogen-bond acceptors (Lipinski definition) is 9. The van der Waals surface area contributed by atoms with Crippen LogP contribution in [0, 0.1) is 12.8 Å². The molecule has 11 nitrogen and oxygen atoms in total. The van der Waals surface area contributed by atoms with Crippen LogP contribution in [-0.2, 0) is 43.0 Å². The Hall–Kier alpha value is -2.99. The number of hydrogen-bond donors (Lipinski definition) is 0. The third-order valence-corrected chi connectivity index (χ3v) is 7.96. The number of piperazine rings is 1. The van der Waals surface area contributed by atoms with Crippen LogP contribution in [0.4, 0.5) is 0 Å². The Labute approximate surface area is 209 Å². The van der Waals surface area contributed by atoms with Crippen molar-refractivity contribution in [1.82, 2.24) is 9.80 Å². The highest BCUT2D eigenvalue weighted by atomic mass is 32.2. The van der Waals surface area contributed by atoms with Crippen molar-refractivity contribution >= 4 is 33.9 Å². The fraction of sp³-hybridized carbons (Fsp3) is 0.583. The number of esters is 2. The van der Waals surface area contributed by atoms with Crippen molar-refractivity contribution in [3.05, 3.63) is 29.8 Å². The summed E-state index contributed by atoms with van der Waals surface area (Å²) in [5.41, 5.74) is -0.00465. The van der Waals surface area contributed by atoms with Crippen LogP contribution in [0.3, 0.4) is 0 Å². The summed E-state index contributed by atoms with van der Waals surface area (Å²) >= 11 is 0. The SMILES string of the molecule is COC(=O)[C@H]1C[C@H]2C(=O)N3C[C@H](OS(=O)(=O)c4ccc(C)cc4)C[C@H]3C(=O)N2[C@@H]1C(=O)OC(C)(C)C. The standard InChI is InChI=1S/C24H30N2O9S/c1-13-6-8-15(9-7-13)36(31,32)35-14-10-17-21(28)26-18(20(27)25(17)12-14)11-16(22(29)33-5)19(26)23(30)34-24(2,3)4/h6-9,14,16-19H,10-12H2,1-5H3/t14-,16+,17+,18+,19+/m1/s1. The van der Waals surface area contributed by atoms with Crippen LogP contribution >= 0.6 is 0 Å².